The second-order valence-corrected chi connectivity index (χ2v) is 5.24. The number of esters is 1. The maximum Gasteiger partial charge on any atom is 0.340 e. The van der Waals surface area contributed by atoms with Gasteiger partial charge in [0.1, 0.15) is 6.10 Å². The van der Waals surface area contributed by atoms with E-state index in [1.165, 1.54) is 6.42 Å². The van der Waals surface area contributed by atoms with Crippen molar-refractivity contribution in [2.45, 2.75) is 45.6 Å². The highest BCUT2D eigenvalue weighted by Gasteiger charge is 2.26. The number of carbonyl (C=O) groups excluding carboxylic acids is 1. The number of carbonyl (C=O) groups is 1. The second-order valence-electron chi connectivity index (χ2n) is 5.24. The van der Waals surface area contributed by atoms with Gasteiger partial charge in [-0.25, -0.2) is 4.79 Å². The van der Waals surface area contributed by atoms with Crippen molar-refractivity contribution in [2.75, 3.05) is 5.73 Å². The topological polar surface area (TPSA) is 52.3 Å². The lowest BCUT2D eigenvalue weighted by Crippen LogP contribution is -2.28. The van der Waals surface area contributed by atoms with Gasteiger partial charge in [-0.15, -0.1) is 0 Å². The summed E-state index contributed by atoms with van der Waals surface area (Å²) in [4.78, 5) is 12.1. The third-order valence-corrected chi connectivity index (χ3v) is 3.84. The Morgan fingerprint density at radius 2 is 2.06 bits per heavy atom. The van der Waals surface area contributed by atoms with Crippen molar-refractivity contribution in [1.29, 1.82) is 0 Å². The average molecular weight is 247 g/mol. The summed E-state index contributed by atoms with van der Waals surface area (Å²) < 4.78 is 5.61. The first-order valence-corrected chi connectivity index (χ1v) is 6.65. The van der Waals surface area contributed by atoms with Crippen molar-refractivity contribution in [3.63, 3.8) is 0 Å². The molecular formula is C15H21NO2. The van der Waals surface area contributed by atoms with Crippen LogP contribution in [0, 0.1) is 12.8 Å². The molecule has 0 heterocycles. The minimum Gasteiger partial charge on any atom is -0.458 e. The molecule has 2 atom stereocenters. The molecule has 3 heteroatoms. The molecule has 0 aromatic heterocycles. The van der Waals surface area contributed by atoms with Crippen LogP contribution in [0.25, 0.3) is 0 Å². The van der Waals surface area contributed by atoms with Crippen molar-refractivity contribution in [1.82, 2.24) is 0 Å². The number of hydrogen-bond acceptors (Lipinski definition) is 3. The van der Waals surface area contributed by atoms with Crippen molar-refractivity contribution < 1.29 is 9.53 Å². The average Bonchev–Trinajstić information content (AvgIpc) is 2.35. The molecule has 1 saturated carbocycles. The van der Waals surface area contributed by atoms with E-state index in [4.69, 9.17) is 10.5 Å². The largest absolute Gasteiger partial charge is 0.458 e. The van der Waals surface area contributed by atoms with E-state index in [-0.39, 0.29) is 12.1 Å². The summed E-state index contributed by atoms with van der Waals surface area (Å²) in [5.74, 6) is 0.170. The Balaban J connectivity index is 2.09. The molecule has 1 aliphatic carbocycles. The summed E-state index contributed by atoms with van der Waals surface area (Å²) in [6.07, 6.45) is 4.54. The van der Waals surface area contributed by atoms with Crippen LogP contribution in [0.3, 0.4) is 0 Å². The highest BCUT2D eigenvalue weighted by molar-refractivity contribution is 5.95. The lowest BCUT2D eigenvalue weighted by molar-refractivity contribution is 0.00492. The Kier molecular flexibility index (Phi) is 3.90. The summed E-state index contributed by atoms with van der Waals surface area (Å²) in [5.41, 5.74) is 7.87. The zero-order chi connectivity index (χ0) is 13.1. The van der Waals surface area contributed by atoms with Crippen LogP contribution in [0.5, 0.6) is 0 Å². The number of rotatable bonds is 2. The fraction of sp³-hybridized carbons (Fsp3) is 0.533. The maximum absolute atomic E-state index is 12.1. The quantitative estimate of drug-likeness (QED) is 0.644. The predicted molar refractivity (Wildman–Crippen MR) is 72.4 cm³/mol. The number of nitrogens with two attached hydrogens (primary N) is 1. The number of aryl methyl sites for hydroxylation is 1. The molecule has 0 aliphatic heterocycles. The molecule has 1 aromatic carbocycles. The number of benzene rings is 1. The summed E-state index contributed by atoms with van der Waals surface area (Å²) in [7, 11) is 0. The lowest BCUT2D eigenvalue weighted by atomic mass is 9.88. The molecule has 2 rings (SSSR count). The van der Waals surface area contributed by atoms with Gasteiger partial charge in [0, 0.05) is 5.69 Å². The van der Waals surface area contributed by atoms with Gasteiger partial charge in [0.15, 0.2) is 0 Å². The molecule has 3 nitrogen and oxygen atoms in total. The van der Waals surface area contributed by atoms with Crippen molar-refractivity contribution in [2.24, 2.45) is 5.92 Å². The summed E-state index contributed by atoms with van der Waals surface area (Å²) >= 11 is 0. The third-order valence-electron chi connectivity index (χ3n) is 3.84. The Morgan fingerprint density at radius 3 is 2.78 bits per heavy atom. The number of hydrogen-bond donors (Lipinski definition) is 1. The maximum atomic E-state index is 12.1. The van der Waals surface area contributed by atoms with Crippen LogP contribution in [0.1, 0.15) is 48.5 Å². The van der Waals surface area contributed by atoms with Crippen molar-refractivity contribution in [3.05, 3.63) is 29.3 Å². The smallest absolute Gasteiger partial charge is 0.340 e. The van der Waals surface area contributed by atoms with Gasteiger partial charge < -0.3 is 10.5 Å². The lowest BCUT2D eigenvalue weighted by Gasteiger charge is -2.28. The van der Waals surface area contributed by atoms with Crippen molar-refractivity contribution in [3.8, 4) is 0 Å². The molecule has 2 unspecified atom stereocenters. The van der Waals surface area contributed by atoms with E-state index in [0.717, 1.165) is 24.8 Å². The standard InChI is InChI=1S/C15H21NO2/c1-10-6-3-4-9-13(10)18-15(17)12-8-5-7-11(2)14(12)16/h5,7-8,10,13H,3-4,6,9,16H2,1-2H3. The van der Waals surface area contributed by atoms with Crippen LogP contribution < -0.4 is 5.73 Å². The fourth-order valence-corrected chi connectivity index (χ4v) is 2.52. The third kappa shape index (κ3) is 2.66. The minimum absolute atomic E-state index is 0.0474. The van der Waals surface area contributed by atoms with Gasteiger partial charge in [0.2, 0.25) is 0 Å². The first-order chi connectivity index (χ1) is 8.59. The zero-order valence-corrected chi connectivity index (χ0v) is 11.1. The molecule has 0 spiro atoms. The summed E-state index contributed by atoms with van der Waals surface area (Å²) in [5, 5.41) is 0. The number of anilines is 1. The van der Waals surface area contributed by atoms with Crippen LogP contribution in [0.2, 0.25) is 0 Å². The summed E-state index contributed by atoms with van der Waals surface area (Å²) in [6.45, 7) is 4.05. The molecule has 98 valence electrons. The number of nitrogen functional groups attached to an aromatic ring is 1. The Hall–Kier alpha value is -1.51. The first-order valence-electron chi connectivity index (χ1n) is 6.65. The van der Waals surface area contributed by atoms with E-state index in [0.29, 0.717) is 17.2 Å². The second kappa shape index (κ2) is 5.42. The molecule has 0 radical (unpaired) electrons. The number of para-hydroxylation sites is 1. The molecule has 0 bridgehead atoms. The number of ether oxygens (including phenoxy) is 1. The molecule has 18 heavy (non-hydrogen) atoms. The van der Waals surface area contributed by atoms with Gasteiger partial charge in [0.05, 0.1) is 5.56 Å². The van der Waals surface area contributed by atoms with E-state index in [1.807, 2.05) is 19.1 Å². The molecule has 0 saturated heterocycles. The molecule has 1 fully saturated rings. The molecule has 1 aliphatic rings. The molecule has 2 N–H and O–H groups in total. The Bertz CT molecular complexity index is 442. The highest BCUT2D eigenvalue weighted by Crippen LogP contribution is 2.28. The zero-order valence-electron chi connectivity index (χ0n) is 11.1. The van der Waals surface area contributed by atoms with E-state index in [1.54, 1.807) is 6.07 Å². The van der Waals surface area contributed by atoms with Gasteiger partial charge in [-0.2, -0.15) is 0 Å². The van der Waals surface area contributed by atoms with E-state index < -0.39 is 0 Å². The molecule has 0 amide bonds. The van der Waals surface area contributed by atoms with E-state index in [2.05, 4.69) is 6.92 Å². The molecular weight excluding hydrogens is 226 g/mol. The SMILES string of the molecule is Cc1cccc(C(=O)OC2CCCCC2C)c1N. The van der Waals surface area contributed by atoms with Gasteiger partial charge in [-0.1, -0.05) is 25.5 Å². The Morgan fingerprint density at radius 1 is 1.33 bits per heavy atom. The van der Waals surface area contributed by atoms with Gasteiger partial charge in [-0.05, 0) is 43.7 Å². The van der Waals surface area contributed by atoms with Crippen molar-refractivity contribution >= 4 is 11.7 Å². The van der Waals surface area contributed by atoms with Gasteiger partial charge in [0.25, 0.3) is 0 Å². The normalized spacial score (nSPS) is 23.7. The highest BCUT2D eigenvalue weighted by atomic mass is 16.5. The molecule has 1 aromatic rings. The first kappa shape index (κ1) is 12.9. The van der Waals surface area contributed by atoms with Crippen LogP contribution in [-0.2, 0) is 4.74 Å². The van der Waals surface area contributed by atoms with E-state index in [9.17, 15) is 4.79 Å². The van der Waals surface area contributed by atoms with Crippen LogP contribution in [0.4, 0.5) is 5.69 Å². The van der Waals surface area contributed by atoms with Crippen LogP contribution >= 0.6 is 0 Å². The minimum atomic E-state index is -0.282. The van der Waals surface area contributed by atoms with E-state index >= 15 is 0 Å². The fourth-order valence-electron chi connectivity index (χ4n) is 2.52. The monoisotopic (exact) mass is 247 g/mol. The predicted octanol–water partition coefficient (Wildman–Crippen LogP) is 3.31. The summed E-state index contributed by atoms with van der Waals surface area (Å²) in [6, 6.07) is 5.47. The van der Waals surface area contributed by atoms with Crippen LogP contribution in [-0.4, -0.2) is 12.1 Å². The Labute approximate surface area is 108 Å². The van der Waals surface area contributed by atoms with Gasteiger partial charge >= 0.3 is 5.97 Å². The van der Waals surface area contributed by atoms with Crippen LogP contribution in [0.15, 0.2) is 18.2 Å². The van der Waals surface area contributed by atoms with Gasteiger partial charge in [-0.3, -0.25) is 0 Å².